The predicted octanol–water partition coefficient (Wildman–Crippen LogP) is 0.882. The Balaban J connectivity index is 2.91. The Labute approximate surface area is 68.4 Å². The van der Waals surface area contributed by atoms with Gasteiger partial charge >= 0.3 is 0 Å². The van der Waals surface area contributed by atoms with Gasteiger partial charge in [-0.2, -0.15) is 0 Å². The third-order valence-electron chi connectivity index (χ3n) is 1.30. The molecule has 1 atom stereocenters. The van der Waals surface area contributed by atoms with Crippen molar-refractivity contribution in [2.24, 2.45) is 0 Å². The van der Waals surface area contributed by atoms with E-state index in [1.807, 2.05) is 0 Å². The Bertz CT molecular complexity index is 241. The standard InChI is InChI=1S/C8H7O2S/c1-11(10)8-4-2-7(6-9)3-5-8/h2-5H,1H3. The van der Waals surface area contributed by atoms with Crippen molar-refractivity contribution in [2.75, 3.05) is 6.26 Å². The molecule has 1 aromatic carbocycles. The molecule has 0 aliphatic carbocycles. The zero-order chi connectivity index (χ0) is 8.27. The molecule has 57 valence electrons. The van der Waals surface area contributed by atoms with Crippen molar-refractivity contribution in [2.45, 2.75) is 4.90 Å². The van der Waals surface area contributed by atoms with Gasteiger partial charge in [0.05, 0.1) is 0 Å². The second-order valence-electron chi connectivity index (χ2n) is 2.08. The van der Waals surface area contributed by atoms with Crippen molar-refractivity contribution in [3.05, 3.63) is 29.8 Å². The predicted molar refractivity (Wildman–Crippen MR) is 43.6 cm³/mol. The van der Waals surface area contributed by atoms with Crippen LogP contribution in [0.25, 0.3) is 0 Å². The second kappa shape index (κ2) is 3.55. The molecule has 0 bridgehead atoms. The lowest BCUT2D eigenvalue weighted by molar-refractivity contribution is 0.562. The maximum Gasteiger partial charge on any atom is 0.233 e. The summed E-state index contributed by atoms with van der Waals surface area (Å²) in [5, 5.41) is 0. The fourth-order valence-electron chi connectivity index (χ4n) is 0.715. The first-order valence-electron chi connectivity index (χ1n) is 3.05. The highest BCUT2D eigenvalue weighted by Gasteiger charge is 2.01. The van der Waals surface area contributed by atoms with Crippen molar-refractivity contribution in [1.82, 2.24) is 0 Å². The average molecular weight is 167 g/mol. The molecule has 0 saturated carbocycles. The minimum atomic E-state index is -0.969. The Morgan fingerprint density at radius 3 is 2.27 bits per heavy atom. The highest BCUT2D eigenvalue weighted by molar-refractivity contribution is 7.90. The van der Waals surface area contributed by atoms with Crippen LogP contribution in [-0.4, -0.2) is 17.1 Å². The summed E-state index contributed by atoms with van der Waals surface area (Å²) < 4.78 is 10.9. The fraction of sp³-hybridized carbons (Fsp3) is 0.125. The Kier molecular flexibility index (Phi) is 2.68. The normalized spacial score (nSPS) is 12.5. The number of hydrogen-bond acceptors (Lipinski definition) is 2. The molecule has 11 heavy (non-hydrogen) atoms. The molecular formula is C8H7O2S. The Morgan fingerprint density at radius 2 is 1.91 bits per heavy atom. The first-order valence-corrected chi connectivity index (χ1v) is 4.61. The van der Waals surface area contributed by atoms with Crippen molar-refractivity contribution >= 4 is 17.5 Å². The molecule has 0 N–H and O–H groups in total. The van der Waals surface area contributed by atoms with Crippen LogP contribution in [0.1, 0.15) is 5.56 Å². The van der Waals surface area contributed by atoms with Gasteiger partial charge < -0.3 is 4.55 Å². The van der Waals surface area contributed by atoms with Gasteiger partial charge in [-0.25, -0.2) is 0 Å². The average Bonchev–Trinajstić information content (AvgIpc) is 2.05. The number of hydrogen-bond donors (Lipinski definition) is 0. The van der Waals surface area contributed by atoms with E-state index < -0.39 is 11.2 Å². The molecule has 0 spiro atoms. The zero-order valence-corrected chi connectivity index (χ0v) is 6.85. The van der Waals surface area contributed by atoms with Crippen LogP contribution in [-0.2, 0) is 16.0 Å². The van der Waals surface area contributed by atoms with Gasteiger partial charge in [0, 0.05) is 5.56 Å². The number of benzene rings is 1. The molecule has 0 saturated heterocycles. The zero-order valence-electron chi connectivity index (χ0n) is 6.03. The van der Waals surface area contributed by atoms with Crippen molar-refractivity contribution < 1.29 is 9.35 Å². The molecule has 1 aromatic rings. The first kappa shape index (κ1) is 8.30. The quantitative estimate of drug-likeness (QED) is 0.613. The molecule has 0 aliphatic rings. The van der Waals surface area contributed by atoms with E-state index in [0.29, 0.717) is 5.56 Å². The van der Waals surface area contributed by atoms with Crippen LogP contribution in [0.3, 0.4) is 0 Å². The molecular weight excluding hydrogens is 160 g/mol. The fourth-order valence-corrected chi connectivity index (χ4v) is 1.23. The molecule has 0 amide bonds. The summed E-state index contributed by atoms with van der Waals surface area (Å²) in [6.45, 7) is 0. The van der Waals surface area contributed by atoms with E-state index in [9.17, 15) is 9.35 Å². The molecule has 1 unspecified atom stereocenters. The summed E-state index contributed by atoms with van der Waals surface area (Å²) in [6.07, 6.45) is 3.34. The lowest BCUT2D eigenvalue weighted by Crippen LogP contribution is -1.96. The van der Waals surface area contributed by atoms with Gasteiger partial charge in [0.2, 0.25) is 6.29 Å². The summed E-state index contributed by atoms with van der Waals surface area (Å²) in [5.41, 5.74) is 0.485. The van der Waals surface area contributed by atoms with Crippen LogP contribution in [0.5, 0.6) is 0 Å². The molecule has 0 aromatic heterocycles. The SMILES string of the molecule is C[S+]([O-])c1ccc([C]=O)cc1. The Morgan fingerprint density at radius 1 is 1.36 bits per heavy atom. The van der Waals surface area contributed by atoms with Gasteiger partial charge in [0.15, 0.2) is 4.90 Å². The van der Waals surface area contributed by atoms with Crippen LogP contribution in [0.2, 0.25) is 0 Å². The van der Waals surface area contributed by atoms with Crippen molar-refractivity contribution in [3.8, 4) is 0 Å². The van der Waals surface area contributed by atoms with E-state index in [1.54, 1.807) is 36.8 Å². The van der Waals surface area contributed by atoms with Gasteiger partial charge in [-0.1, -0.05) is 0 Å². The highest BCUT2D eigenvalue weighted by Crippen LogP contribution is 2.08. The van der Waals surface area contributed by atoms with Crippen LogP contribution in [0, 0.1) is 0 Å². The third kappa shape index (κ3) is 2.06. The first-order chi connectivity index (χ1) is 5.24. The minimum Gasteiger partial charge on any atom is -0.612 e. The van der Waals surface area contributed by atoms with Gasteiger partial charge in [-0.05, 0) is 35.4 Å². The summed E-state index contributed by atoms with van der Waals surface area (Å²) in [5.74, 6) is 0. The molecule has 0 aliphatic heterocycles. The molecule has 0 fully saturated rings. The maximum absolute atomic E-state index is 10.9. The van der Waals surface area contributed by atoms with Crippen molar-refractivity contribution in [1.29, 1.82) is 0 Å². The van der Waals surface area contributed by atoms with Crippen LogP contribution in [0.4, 0.5) is 0 Å². The molecule has 1 radical (unpaired) electrons. The van der Waals surface area contributed by atoms with E-state index in [-0.39, 0.29) is 0 Å². The van der Waals surface area contributed by atoms with Gasteiger partial charge in [-0.3, -0.25) is 4.79 Å². The largest absolute Gasteiger partial charge is 0.612 e. The van der Waals surface area contributed by atoms with Crippen LogP contribution < -0.4 is 0 Å². The molecule has 0 heterocycles. The van der Waals surface area contributed by atoms with Crippen LogP contribution >= 0.6 is 0 Å². The summed E-state index contributed by atoms with van der Waals surface area (Å²) >= 11 is -0.969. The summed E-state index contributed by atoms with van der Waals surface area (Å²) in [7, 11) is 0. The monoisotopic (exact) mass is 167 g/mol. The minimum absolute atomic E-state index is 0.485. The Hall–Kier alpha value is -0.800. The van der Waals surface area contributed by atoms with Crippen LogP contribution in [0.15, 0.2) is 29.2 Å². The lowest BCUT2D eigenvalue weighted by Gasteiger charge is -2.02. The van der Waals surface area contributed by atoms with Crippen molar-refractivity contribution in [3.63, 3.8) is 0 Å². The molecule has 3 heteroatoms. The van der Waals surface area contributed by atoms with Gasteiger partial charge in [0.1, 0.15) is 6.26 Å². The maximum atomic E-state index is 10.9. The molecule has 1 rings (SSSR count). The topological polar surface area (TPSA) is 40.1 Å². The summed E-state index contributed by atoms with van der Waals surface area (Å²) in [6, 6.07) is 6.53. The smallest absolute Gasteiger partial charge is 0.233 e. The van der Waals surface area contributed by atoms with E-state index in [4.69, 9.17) is 0 Å². The molecule has 2 nitrogen and oxygen atoms in total. The number of carbonyl (C=O) groups excluding carboxylic acids is 1. The number of rotatable bonds is 2. The van der Waals surface area contributed by atoms with E-state index >= 15 is 0 Å². The van der Waals surface area contributed by atoms with E-state index in [0.717, 1.165) is 4.90 Å². The lowest BCUT2D eigenvalue weighted by atomic mass is 10.2. The summed E-state index contributed by atoms with van der Waals surface area (Å²) in [4.78, 5) is 10.8. The van der Waals surface area contributed by atoms with E-state index in [1.165, 1.54) is 0 Å². The van der Waals surface area contributed by atoms with E-state index in [2.05, 4.69) is 0 Å². The third-order valence-corrected chi connectivity index (χ3v) is 2.24. The second-order valence-corrected chi connectivity index (χ2v) is 3.46. The van der Waals surface area contributed by atoms with Gasteiger partial charge in [0.25, 0.3) is 0 Å². The highest BCUT2D eigenvalue weighted by atomic mass is 32.2. The van der Waals surface area contributed by atoms with Gasteiger partial charge in [-0.15, -0.1) is 0 Å².